The highest BCUT2D eigenvalue weighted by molar-refractivity contribution is 5.87. The van der Waals surface area contributed by atoms with Gasteiger partial charge in [0.25, 0.3) is 0 Å². The van der Waals surface area contributed by atoms with E-state index in [1.54, 1.807) is 0 Å². The quantitative estimate of drug-likeness (QED) is 0.519. The molecule has 0 aromatic heterocycles. The molecule has 0 unspecified atom stereocenters. The van der Waals surface area contributed by atoms with Crippen LogP contribution in [0.2, 0.25) is 0 Å². The summed E-state index contributed by atoms with van der Waals surface area (Å²) in [5.41, 5.74) is 1.66. The van der Waals surface area contributed by atoms with E-state index in [-0.39, 0.29) is 5.92 Å². The number of hydrogen-bond acceptors (Lipinski definition) is 1. The van der Waals surface area contributed by atoms with Crippen LogP contribution in [-0.2, 0) is 4.79 Å². The summed E-state index contributed by atoms with van der Waals surface area (Å²) in [6.45, 7) is 4.03. The lowest BCUT2D eigenvalue weighted by molar-refractivity contribution is -0.136. The summed E-state index contributed by atoms with van der Waals surface area (Å²) in [6.07, 6.45) is 7.18. The summed E-state index contributed by atoms with van der Waals surface area (Å²) in [5.74, 6) is 1.64. The molecule has 3 rings (SSSR count). The van der Waals surface area contributed by atoms with E-state index in [1.807, 2.05) is 0 Å². The predicted octanol–water partition coefficient (Wildman–Crippen LogP) is 2.71. The van der Waals surface area contributed by atoms with Gasteiger partial charge in [0.15, 0.2) is 0 Å². The molecule has 0 radical (unpaired) electrons. The molecular weight excluding hydrogens is 160 g/mol. The average molecular weight is 176 g/mol. The first kappa shape index (κ1) is 7.78. The van der Waals surface area contributed by atoms with Gasteiger partial charge in [-0.1, -0.05) is 18.6 Å². The maximum Gasteiger partial charge on any atom is 0.140 e. The fourth-order valence-corrected chi connectivity index (χ4v) is 4.13. The molecule has 13 heavy (non-hydrogen) atoms. The number of carbonyl (C=O) groups is 1. The SMILES string of the molecule is C=C1C[C@@]23CCC[C@@H]2CCC(=O)[C@@H]13. The summed E-state index contributed by atoms with van der Waals surface area (Å²) >= 11 is 0. The monoisotopic (exact) mass is 176 g/mol. The van der Waals surface area contributed by atoms with Gasteiger partial charge in [0.05, 0.1) is 0 Å². The third-order valence-corrected chi connectivity index (χ3v) is 4.61. The molecule has 3 aliphatic carbocycles. The van der Waals surface area contributed by atoms with Gasteiger partial charge in [0.2, 0.25) is 0 Å². The van der Waals surface area contributed by atoms with Crippen LogP contribution in [0.5, 0.6) is 0 Å². The van der Waals surface area contributed by atoms with Crippen LogP contribution >= 0.6 is 0 Å². The number of rotatable bonds is 0. The molecule has 0 N–H and O–H groups in total. The van der Waals surface area contributed by atoms with Crippen molar-refractivity contribution in [1.82, 2.24) is 0 Å². The van der Waals surface area contributed by atoms with Crippen molar-refractivity contribution in [3.05, 3.63) is 12.2 Å². The lowest BCUT2D eigenvalue weighted by Crippen LogP contribution is -2.51. The van der Waals surface area contributed by atoms with Crippen LogP contribution in [0.1, 0.15) is 38.5 Å². The van der Waals surface area contributed by atoms with E-state index in [1.165, 1.54) is 31.3 Å². The topological polar surface area (TPSA) is 17.1 Å². The second-order valence-corrected chi connectivity index (χ2v) is 5.10. The van der Waals surface area contributed by atoms with Crippen molar-refractivity contribution in [2.75, 3.05) is 0 Å². The van der Waals surface area contributed by atoms with Crippen LogP contribution < -0.4 is 0 Å². The third-order valence-electron chi connectivity index (χ3n) is 4.61. The van der Waals surface area contributed by atoms with E-state index in [2.05, 4.69) is 6.58 Å². The number of hydrogen-bond donors (Lipinski definition) is 0. The van der Waals surface area contributed by atoms with E-state index in [0.29, 0.717) is 11.2 Å². The Labute approximate surface area is 79.2 Å². The van der Waals surface area contributed by atoms with E-state index in [4.69, 9.17) is 0 Å². The first-order chi connectivity index (χ1) is 6.24. The smallest absolute Gasteiger partial charge is 0.140 e. The molecule has 1 spiro atoms. The summed E-state index contributed by atoms with van der Waals surface area (Å²) in [5, 5.41) is 0. The Morgan fingerprint density at radius 2 is 2.23 bits per heavy atom. The van der Waals surface area contributed by atoms with Crippen LogP contribution in [-0.4, -0.2) is 5.78 Å². The van der Waals surface area contributed by atoms with Crippen LogP contribution in [0.3, 0.4) is 0 Å². The van der Waals surface area contributed by atoms with Gasteiger partial charge in [-0.15, -0.1) is 0 Å². The summed E-state index contributed by atoms with van der Waals surface area (Å²) in [6, 6.07) is 0. The summed E-state index contributed by atoms with van der Waals surface area (Å²) in [4.78, 5) is 11.7. The van der Waals surface area contributed by atoms with Crippen LogP contribution in [0.4, 0.5) is 0 Å². The van der Waals surface area contributed by atoms with Crippen molar-refractivity contribution < 1.29 is 4.79 Å². The first-order valence-electron chi connectivity index (χ1n) is 5.44. The number of ketones is 1. The normalized spacial score (nSPS) is 48.3. The van der Waals surface area contributed by atoms with Gasteiger partial charge >= 0.3 is 0 Å². The Hall–Kier alpha value is -0.590. The molecule has 0 aromatic rings. The number of Topliss-reactive ketones (excluding diaryl/α,β-unsaturated/α-hetero) is 1. The zero-order chi connectivity index (χ0) is 9.05. The highest BCUT2D eigenvalue weighted by Crippen LogP contribution is 2.66. The Bertz CT molecular complexity index is 291. The van der Waals surface area contributed by atoms with Crippen LogP contribution in [0.15, 0.2) is 12.2 Å². The zero-order valence-electron chi connectivity index (χ0n) is 8.01. The molecule has 0 saturated heterocycles. The molecule has 0 bridgehead atoms. The summed E-state index contributed by atoms with van der Waals surface area (Å²) < 4.78 is 0. The van der Waals surface area contributed by atoms with Gasteiger partial charge in [-0.25, -0.2) is 0 Å². The van der Waals surface area contributed by atoms with E-state index in [0.717, 1.165) is 18.8 Å². The average Bonchev–Trinajstić information content (AvgIpc) is 2.46. The van der Waals surface area contributed by atoms with Crippen molar-refractivity contribution in [2.45, 2.75) is 38.5 Å². The predicted molar refractivity (Wildman–Crippen MR) is 51.3 cm³/mol. The van der Waals surface area contributed by atoms with Gasteiger partial charge < -0.3 is 0 Å². The van der Waals surface area contributed by atoms with Gasteiger partial charge in [0.1, 0.15) is 5.78 Å². The number of carbonyl (C=O) groups excluding carboxylic acids is 1. The first-order valence-corrected chi connectivity index (χ1v) is 5.44. The molecule has 3 atom stereocenters. The van der Waals surface area contributed by atoms with Crippen molar-refractivity contribution in [1.29, 1.82) is 0 Å². The zero-order valence-corrected chi connectivity index (χ0v) is 8.01. The van der Waals surface area contributed by atoms with Crippen LogP contribution in [0, 0.1) is 17.3 Å². The molecule has 70 valence electrons. The lowest BCUT2D eigenvalue weighted by Gasteiger charge is -2.55. The van der Waals surface area contributed by atoms with E-state index in [9.17, 15) is 4.79 Å². The second kappa shape index (κ2) is 2.26. The van der Waals surface area contributed by atoms with Gasteiger partial charge in [-0.3, -0.25) is 4.79 Å². The summed E-state index contributed by atoms with van der Waals surface area (Å²) in [7, 11) is 0. The Kier molecular flexibility index (Phi) is 1.35. The minimum atomic E-state index is 0.286. The Morgan fingerprint density at radius 3 is 3.00 bits per heavy atom. The minimum absolute atomic E-state index is 0.286. The standard InChI is InChI=1S/C12H16O/c1-8-7-12-6-2-3-9(12)4-5-10(13)11(8)12/h9,11H,1-7H2/t9-,11-,12+/m1/s1. The molecule has 1 nitrogen and oxygen atoms in total. The maximum absolute atomic E-state index is 11.7. The number of allylic oxidation sites excluding steroid dienone is 1. The van der Waals surface area contributed by atoms with Crippen LogP contribution in [0.25, 0.3) is 0 Å². The van der Waals surface area contributed by atoms with E-state index < -0.39 is 0 Å². The second-order valence-electron chi connectivity index (χ2n) is 5.10. The van der Waals surface area contributed by atoms with Crippen molar-refractivity contribution in [3.8, 4) is 0 Å². The highest BCUT2D eigenvalue weighted by atomic mass is 16.1. The lowest BCUT2D eigenvalue weighted by atomic mass is 9.48. The van der Waals surface area contributed by atoms with Crippen molar-refractivity contribution in [2.24, 2.45) is 17.3 Å². The molecule has 0 aromatic carbocycles. The Balaban J connectivity index is 2.00. The highest BCUT2D eigenvalue weighted by Gasteiger charge is 2.60. The third kappa shape index (κ3) is 0.762. The fourth-order valence-electron chi connectivity index (χ4n) is 4.13. The fraction of sp³-hybridized carbons (Fsp3) is 0.750. The van der Waals surface area contributed by atoms with Gasteiger partial charge in [-0.05, 0) is 37.0 Å². The molecule has 0 heterocycles. The largest absolute Gasteiger partial charge is 0.299 e. The molecule has 3 aliphatic rings. The molecule has 0 amide bonds. The van der Waals surface area contributed by atoms with Crippen molar-refractivity contribution >= 4 is 5.78 Å². The Morgan fingerprint density at radius 1 is 1.38 bits per heavy atom. The molecule has 1 heteroatoms. The molecule has 3 saturated carbocycles. The van der Waals surface area contributed by atoms with Gasteiger partial charge in [-0.2, -0.15) is 0 Å². The maximum atomic E-state index is 11.7. The molecule has 3 fully saturated rings. The van der Waals surface area contributed by atoms with Crippen molar-refractivity contribution in [3.63, 3.8) is 0 Å². The minimum Gasteiger partial charge on any atom is -0.299 e. The van der Waals surface area contributed by atoms with E-state index >= 15 is 0 Å². The molecular formula is C12H16O. The van der Waals surface area contributed by atoms with Gasteiger partial charge in [0, 0.05) is 12.3 Å². The molecule has 0 aliphatic heterocycles.